The number of rotatable bonds is 3. The van der Waals surface area contributed by atoms with Crippen LogP contribution in [0.5, 0.6) is 0 Å². The molecule has 1 aromatic rings. The molecule has 3 atom stereocenters. The molecule has 0 spiro atoms. The maximum atomic E-state index is 12.7. The van der Waals surface area contributed by atoms with Crippen molar-refractivity contribution in [2.45, 2.75) is 31.3 Å². The Morgan fingerprint density at radius 3 is 2.71 bits per heavy atom. The lowest BCUT2D eigenvalue weighted by Gasteiger charge is -2.45. The fraction of sp³-hybridized carbons (Fsp3) is 0.500. The third kappa shape index (κ3) is 2.93. The van der Waals surface area contributed by atoms with Gasteiger partial charge in [0.15, 0.2) is 0 Å². The topological polar surface area (TPSA) is 57.6 Å². The Balaban J connectivity index is 1.77. The van der Waals surface area contributed by atoms with Gasteiger partial charge in [0.25, 0.3) is 0 Å². The van der Waals surface area contributed by atoms with Crippen molar-refractivity contribution in [2.24, 2.45) is 5.92 Å². The smallest absolute Gasteiger partial charge is 0.327 e. The molecule has 21 heavy (non-hydrogen) atoms. The third-order valence-corrected chi connectivity index (χ3v) is 5.55. The van der Waals surface area contributed by atoms with E-state index in [0.717, 1.165) is 24.2 Å². The molecule has 1 amide bonds. The summed E-state index contributed by atoms with van der Waals surface area (Å²) < 4.78 is 0. The van der Waals surface area contributed by atoms with Gasteiger partial charge in [0.1, 0.15) is 6.04 Å². The fourth-order valence-corrected chi connectivity index (χ4v) is 4.55. The van der Waals surface area contributed by atoms with Crippen molar-refractivity contribution in [3.05, 3.63) is 35.9 Å². The van der Waals surface area contributed by atoms with E-state index in [1.807, 2.05) is 30.3 Å². The first kappa shape index (κ1) is 14.4. The molecule has 2 aliphatic rings. The Morgan fingerprint density at radius 1 is 1.24 bits per heavy atom. The van der Waals surface area contributed by atoms with Gasteiger partial charge in [0.05, 0.1) is 0 Å². The summed E-state index contributed by atoms with van der Waals surface area (Å²) in [5.41, 5.74) is 1.15. The van der Waals surface area contributed by atoms with Crippen LogP contribution in [-0.2, 0) is 16.0 Å². The maximum Gasteiger partial charge on any atom is 0.327 e. The predicted octanol–water partition coefficient (Wildman–Crippen LogP) is 2.04. The van der Waals surface area contributed by atoms with Gasteiger partial charge in [-0.05, 0) is 24.8 Å². The van der Waals surface area contributed by atoms with Gasteiger partial charge in [-0.3, -0.25) is 4.79 Å². The summed E-state index contributed by atoms with van der Waals surface area (Å²) in [5, 5.41) is 9.36. The van der Waals surface area contributed by atoms with Crippen LogP contribution >= 0.6 is 11.8 Å². The lowest BCUT2D eigenvalue weighted by atomic mass is 9.86. The number of carboxylic acid groups (broad SMARTS) is 1. The van der Waals surface area contributed by atoms with Gasteiger partial charge in [0.2, 0.25) is 5.91 Å². The highest BCUT2D eigenvalue weighted by Crippen LogP contribution is 2.33. The molecule has 0 radical (unpaired) electrons. The number of carboxylic acids is 1. The van der Waals surface area contributed by atoms with Crippen LogP contribution in [0.15, 0.2) is 30.3 Å². The zero-order chi connectivity index (χ0) is 14.8. The third-order valence-electron chi connectivity index (χ3n) is 4.38. The highest BCUT2D eigenvalue weighted by molar-refractivity contribution is 7.99. The molecule has 0 saturated carbocycles. The number of thioether (sulfide) groups is 1. The minimum atomic E-state index is -0.874. The largest absolute Gasteiger partial charge is 0.480 e. The summed E-state index contributed by atoms with van der Waals surface area (Å²) >= 11 is 1.65. The van der Waals surface area contributed by atoms with Gasteiger partial charge < -0.3 is 10.0 Å². The highest BCUT2D eigenvalue weighted by Gasteiger charge is 2.43. The lowest BCUT2D eigenvalue weighted by molar-refractivity contribution is -0.156. The zero-order valence-electron chi connectivity index (χ0n) is 11.8. The minimum absolute atomic E-state index is 0.0304. The number of nitrogens with zero attached hydrogens (tertiary/aromatic N) is 1. The van der Waals surface area contributed by atoms with Crippen molar-refractivity contribution in [3.8, 4) is 0 Å². The van der Waals surface area contributed by atoms with E-state index < -0.39 is 12.0 Å². The zero-order valence-corrected chi connectivity index (χ0v) is 12.6. The summed E-state index contributed by atoms with van der Waals surface area (Å²) in [5.74, 6) is 0.459. The first-order valence-corrected chi connectivity index (χ1v) is 8.49. The quantitative estimate of drug-likeness (QED) is 0.928. The Labute approximate surface area is 128 Å². The molecule has 2 aliphatic heterocycles. The van der Waals surface area contributed by atoms with Gasteiger partial charge in [-0.15, -0.1) is 0 Å². The van der Waals surface area contributed by atoms with Crippen molar-refractivity contribution in [3.63, 3.8) is 0 Å². The fourth-order valence-electron chi connectivity index (χ4n) is 3.29. The van der Waals surface area contributed by atoms with Gasteiger partial charge >= 0.3 is 5.97 Å². The van der Waals surface area contributed by atoms with E-state index in [2.05, 4.69) is 0 Å². The molecule has 4 nitrogen and oxygen atoms in total. The van der Waals surface area contributed by atoms with E-state index in [1.54, 1.807) is 16.7 Å². The number of fused-ring (bicyclic) bond motifs is 1. The van der Waals surface area contributed by atoms with Crippen LogP contribution in [0.2, 0.25) is 0 Å². The monoisotopic (exact) mass is 305 g/mol. The SMILES string of the molecule is O=C(O)C1CSCC2CCC(Cc3ccccc3)C(=O)N21. The summed E-state index contributed by atoms with van der Waals surface area (Å²) in [6.45, 7) is 0. The molecule has 2 saturated heterocycles. The summed E-state index contributed by atoms with van der Waals surface area (Å²) in [6.07, 6.45) is 2.49. The first-order valence-electron chi connectivity index (χ1n) is 7.33. The molecule has 0 bridgehead atoms. The second-order valence-corrected chi connectivity index (χ2v) is 6.83. The van der Waals surface area contributed by atoms with Crippen molar-refractivity contribution >= 4 is 23.6 Å². The molecule has 1 N–H and O–H groups in total. The normalized spacial score (nSPS) is 29.0. The molecule has 2 heterocycles. The molecule has 5 heteroatoms. The van der Waals surface area contributed by atoms with Crippen molar-refractivity contribution in [1.82, 2.24) is 4.90 Å². The van der Waals surface area contributed by atoms with E-state index in [4.69, 9.17) is 0 Å². The number of benzene rings is 1. The number of carbonyl (C=O) groups excluding carboxylic acids is 1. The number of carbonyl (C=O) groups is 2. The maximum absolute atomic E-state index is 12.7. The second kappa shape index (κ2) is 6.10. The number of aliphatic carboxylic acids is 1. The molecule has 1 aromatic carbocycles. The Hall–Kier alpha value is -1.49. The molecule has 2 fully saturated rings. The standard InChI is InChI=1S/C16H19NO3S/c18-15-12(8-11-4-2-1-3-5-11)6-7-13-9-21-10-14(16(19)20)17(13)15/h1-5,12-14H,6-10H2,(H,19,20). The number of hydrogen-bond donors (Lipinski definition) is 1. The van der Waals surface area contributed by atoms with Crippen LogP contribution in [0.4, 0.5) is 0 Å². The van der Waals surface area contributed by atoms with Crippen molar-refractivity contribution < 1.29 is 14.7 Å². The molecule has 0 aromatic heterocycles. The van der Waals surface area contributed by atoms with Gasteiger partial charge in [0, 0.05) is 23.5 Å². The molecular formula is C16H19NO3S. The van der Waals surface area contributed by atoms with Crippen LogP contribution < -0.4 is 0 Å². The van der Waals surface area contributed by atoms with Crippen LogP contribution in [0.3, 0.4) is 0 Å². The summed E-state index contributed by atoms with van der Waals surface area (Å²) in [7, 11) is 0. The molecular weight excluding hydrogens is 286 g/mol. The van der Waals surface area contributed by atoms with Crippen LogP contribution in [0, 0.1) is 5.92 Å². The molecule has 3 unspecified atom stereocenters. The van der Waals surface area contributed by atoms with E-state index in [9.17, 15) is 14.7 Å². The first-order chi connectivity index (χ1) is 10.2. The average molecular weight is 305 g/mol. The predicted molar refractivity (Wildman–Crippen MR) is 82.3 cm³/mol. The van der Waals surface area contributed by atoms with Crippen molar-refractivity contribution in [2.75, 3.05) is 11.5 Å². The van der Waals surface area contributed by atoms with E-state index >= 15 is 0 Å². The van der Waals surface area contributed by atoms with Crippen molar-refractivity contribution in [1.29, 1.82) is 0 Å². The van der Waals surface area contributed by atoms with E-state index in [-0.39, 0.29) is 17.9 Å². The summed E-state index contributed by atoms with van der Waals surface area (Å²) in [4.78, 5) is 25.8. The van der Waals surface area contributed by atoms with Crippen LogP contribution in [-0.4, -0.2) is 45.5 Å². The molecule has 3 rings (SSSR count). The van der Waals surface area contributed by atoms with Gasteiger partial charge in [-0.2, -0.15) is 11.8 Å². The lowest BCUT2D eigenvalue weighted by Crippen LogP contribution is -2.59. The second-order valence-electron chi connectivity index (χ2n) is 5.75. The Bertz CT molecular complexity index is 534. The highest BCUT2D eigenvalue weighted by atomic mass is 32.2. The number of hydrogen-bond acceptors (Lipinski definition) is 3. The van der Waals surface area contributed by atoms with E-state index in [1.165, 1.54) is 0 Å². The molecule has 0 aliphatic carbocycles. The number of amides is 1. The summed E-state index contributed by atoms with van der Waals surface area (Å²) in [6, 6.07) is 9.42. The average Bonchev–Trinajstić information content (AvgIpc) is 2.50. The Kier molecular flexibility index (Phi) is 4.19. The van der Waals surface area contributed by atoms with Gasteiger partial charge in [-0.1, -0.05) is 30.3 Å². The van der Waals surface area contributed by atoms with Gasteiger partial charge in [-0.25, -0.2) is 4.79 Å². The van der Waals surface area contributed by atoms with Crippen LogP contribution in [0.25, 0.3) is 0 Å². The molecule has 112 valence electrons. The van der Waals surface area contributed by atoms with E-state index in [0.29, 0.717) is 12.2 Å². The Morgan fingerprint density at radius 2 is 2.00 bits per heavy atom. The minimum Gasteiger partial charge on any atom is -0.480 e. The number of piperidine rings is 1. The van der Waals surface area contributed by atoms with Crippen LogP contribution in [0.1, 0.15) is 18.4 Å².